The number of carboxylic acid groups (broad SMARTS) is 1. The van der Waals surface area contributed by atoms with Crippen LogP contribution in [-0.2, 0) is 10.2 Å². The molecule has 1 aromatic carbocycles. The summed E-state index contributed by atoms with van der Waals surface area (Å²) in [6, 6.07) is 4.41. The Morgan fingerprint density at radius 2 is 2.00 bits per heavy atom. The maximum atomic E-state index is 10.9. The minimum Gasteiger partial charge on any atom is -0.506 e. The van der Waals surface area contributed by atoms with Gasteiger partial charge in [-0.15, -0.1) is 0 Å². The Bertz CT molecular complexity index is 372. The van der Waals surface area contributed by atoms with Gasteiger partial charge in [-0.3, -0.25) is 4.79 Å². The van der Waals surface area contributed by atoms with Crippen molar-refractivity contribution in [2.45, 2.75) is 19.3 Å². The molecule has 0 radical (unpaired) electrons. The van der Waals surface area contributed by atoms with Gasteiger partial charge in [0.1, 0.15) is 5.75 Å². The van der Waals surface area contributed by atoms with Crippen molar-refractivity contribution in [3.8, 4) is 5.75 Å². The quantitative estimate of drug-likeness (QED) is 0.795. The molecule has 76 valence electrons. The Morgan fingerprint density at radius 3 is 2.43 bits per heavy atom. The smallest absolute Gasteiger partial charge is 0.313 e. The lowest BCUT2D eigenvalue weighted by Crippen LogP contribution is -2.28. The monoisotopic (exact) mass is 214 g/mol. The number of phenols is 1. The molecule has 1 rings (SSSR count). The van der Waals surface area contributed by atoms with Crippen LogP contribution in [0.2, 0.25) is 5.02 Å². The highest BCUT2D eigenvalue weighted by Crippen LogP contribution is 2.30. The zero-order valence-electron chi connectivity index (χ0n) is 7.91. The summed E-state index contributed by atoms with van der Waals surface area (Å²) in [5.74, 6) is -0.976. The van der Waals surface area contributed by atoms with E-state index in [-0.39, 0.29) is 10.8 Å². The molecule has 0 amide bonds. The van der Waals surface area contributed by atoms with E-state index in [1.807, 2.05) is 0 Å². The van der Waals surface area contributed by atoms with Gasteiger partial charge < -0.3 is 10.2 Å². The van der Waals surface area contributed by atoms with Crippen LogP contribution in [0.1, 0.15) is 19.4 Å². The maximum Gasteiger partial charge on any atom is 0.313 e. The zero-order valence-corrected chi connectivity index (χ0v) is 8.67. The Morgan fingerprint density at radius 1 is 1.43 bits per heavy atom. The summed E-state index contributed by atoms with van der Waals surface area (Å²) in [5.41, 5.74) is -0.440. The van der Waals surface area contributed by atoms with Gasteiger partial charge in [0.25, 0.3) is 0 Å². The molecule has 0 aliphatic carbocycles. The van der Waals surface area contributed by atoms with Crippen LogP contribution in [-0.4, -0.2) is 16.2 Å². The van der Waals surface area contributed by atoms with Crippen LogP contribution < -0.4 is 0 Å². The number of carboxylic acids is 1. The summed E-state index contributed by atoms with van der Waals surface area (Å²) in [6.45, 7) is 3.16. The molecule has 0 spiro atoms. The van der Waals surface area contributed by atoms with Crippen LogP contribution >= 0.6 is 11.6 Å². The molecule has 0 atom stereocenters. The highest BCUT2D eigenvalue weighted by Gasteiger charge is 2.29. The lowest BCUT2D eigenvalue weighted by molar-refractivity contribution is -0.142. The molecule has 0 aliphatic heterocycles. The maximum absolute atomic E-state index is 10.9. The third kappa shape index (κ3) is 1.82. The average molecular weight is 215 g/mol. The Balaban J connectivity index is 3.21. The van der Waals surface area contributed by atoms with Crippen molar-refractivity contribution in [3.05, 3.63) is 28.8 Å². The molecule has 0 fully saturated rings. The minimum absolute atomic E-state index is 0.0448. The summed E-state index contributed by atoms with van der Waals surface area (Å²) in [4.78, 5) is 10.9. The molecular weight excluding hydrogens is 204 g/mol. The molecule has 0 aromatic heterocycles. The standard InChI is InChI=1S/C10H11ClO3/c1-10(2,9(13)14)6-3-4-8(12)7(11)5-6/h3-5,12H,1-2H3,(H,13,14). The molecule has 0 aliphatic rings. The number of halogens is 1. The van der Waals surface area contributed by atoms with Gasteiger partial charge in [-0.05, 0) is 31.5 Å². The molecule has 3 nitrogen and oxygen atoms in total. The summed E-state index contributed by atoms with van der Waals surface area (Å²) in [7, 11) is 0. The van der Waals surface area contributed by atoms with Gasteiger partial charge in [0, 0.05) is 0 Å². The normalized spacial score (nSPS) is 11.4. The number of aliphatic carboxylic acids is 1. The van der Waals surface area contributed by atoms with Crippen molar-refractivity contribution in [3.63, 3.8) is 0 Å². The molecule has 1 aromatic rings. The summed E-state index contributed by atoms with van der Waals surface area (Å²) >= 11 is 5.68. The second-order valence-corrected chi connectivity index (χ2v) is 4.00. The van der Waals surface area contributed by atoms with Crippen LogP contribution in [0.25, 0.3) is 0 Å². The average Bonchev–Trinajstić information content (AvgIpc) is 2.09. The second-order valence-electron chi connectivity index (χ2n) is 3.60. The SMILES string of the molecule is CC(C)(C(=O)O)c1ccc(O)c(Cl)c1. The van der Waals surface area contributed by atoms with E-state index in [1.54, 1.807) is 19.9 Å². The molecule has 0 saturated heterocycles. The van der Waals surface area contributed by atoms with Gasteiger partial charge in [-0.25, -0.2) is 0 Å². The Labute approximate surface area is 86.9 Å². The van der Waals surface area contributed by atoms with Crippen molar-refractivity contribution in [1.82, 2.24) is 0 Å². The van der Waals surface area contributed by atoms with Crippen LogP contribution in [0.4, 0.5) is 0 Å². The number of rotatable bonds is 2. The lowest BCUT2D eigenvalue weighted by atomic mass is 9.85. The number of benzene rings is 1. The first-order valence-electron chi connectivity index (χ1n) is 4.08. The number of hydrogen-bond donors (Lipinski definition) is 2. The minimum atomic E-state index is -1.00. The predicted octanol–water partition coefficient (Wildman–Crippen LogP) is 2.41. The summed E-state index contributed by atoms with van der Waals surface area (Å²) in [6.07, 6.45) is 0. The Hall–Kier alpha value is -1.22. The highest BCUT2D eigenvalue weighted by atomic mass is 35.5. The third-order valence-electron chi connectivity index (χ3n) is 2.20. The fourth-order valence-corrected chi connectivity index (χ4v) is 1.20. The van der Waals surface area contributed by atoms with E-state index in [1.165, 1.54) is 12.1 Å². The van der Waals surface area contributed by atoms with E-state index in [9.17, 15) is 4.79 Å². The molecule has 0 unspecified atom stereocenters. The summed E-state index contributed by atoms with van der Waals surface area (Å²) in [5, 5.41) is 18.3. The Kier molecular flexibility index (Phi) is 2.71. The van der Waals surface area contributed by atoms with E-state index < -0.39 is 11.4 Å². The van der Waals surface area contributed by atoms with Gasteiger partial charge in [0.05, 0.1) is 10.4 Å². The van der Waals surface area contributed by atoms with Crippen LogP contribution in [0.15, 0.2) is 18.2 Å². The third-order valence-corrected chi connectivity index (χ3v) is 2.51. The zero-order chi connectivity index (χ0) is 10.9. The molecule has 4 heteroatoms. The van der Waals surface area contributed by atoms with E-state index >= 15 is 0 Å². The topological polar surface area (TPSA) is 57.5 Å². The van der Waals surface area contributed by atoms with Crippen molar-refractivity contribution in [2.75, 3.05) is 0 Å². The first-order chi connectivity index (χ1) is 6.35. The fraction of sp³-hybridized carbons (Fsp3) is 0.300. The number of phenolic OH excluding ortho intramolecular Hbond substituents is 1. The van der Waals surface area contributed by atoms with E-state index in [0.29, 0.717) is 5.56 Å². The van der Waals surface area contributed by atoms with E-state index in [4.69, 9.17) is 21.8 Å². The van der Waals surface area contributed by atoms with Crippen LogP contribution in [0.5, 0.6) is 5.75 Å². The van der Waals surface area contributed by atoms with Gasteiger partial charge in [-0.1, -0.05) is 17.7 Å². The van der Waals surface area contributed by atoms with Gasteiger partial charge in [-0.2, -0.15) is 0 Å². The van der Waals surface area contributed by atoms with Crippen molar-refractivity contribution in [1.29, 1.82) is 0 Å². The van der Waals surface area contributed by atoms with Gasteiger partial charge >= 0.3 is 5.97 Å². The summed E-state index contributed by atoms with van der Waals surface area (Å²) < 4.78 is 0. The number of hydrogen-bond acceptors (Lipinski definition) is 2. The van der Waals surface area contributed by atoms with Crippen LogP contribution in [0, 0.1) is 0 Å². The molecule has 2 N–H and O–H groups in total. The second kappa shape index (κ2) is 3.50. The van der Waals surface area contributed by atoms with Crippen molar-refractivity contribution >= 4 is 17.6 Å². The number of aromatic hydroxyl groups is 1. The van der Waals surface area contributed by atoms with E-state index in [2.05, 4.69) is 0 Å². The lowest BCUT2D eigenvalue weighted by Gasteiger charge is -2.19. The van der Waals surface area contributed by atoms with Crippen molar-refractivity contribution < 1.29 is 15.0 Å². The molecule has 0 saturated carbocycles. The molecule has 0 heterocycles. The van der Waals surface area contributed by atoms with E-state index in [0.717, 1.165) is 0 Å². The molecule has 0 bridgehead atoms. The first kappa shape index (κ1) is 10.9. The first-order valence-corrected chi connectivity index (χ1v) is 4.46. The molecule has 14 heavy (non-hydrogen) atoms. The number of carbonyl (C=O) groups is 1. The van der Waals surface area contributed by atoms with Gasteiger partial charge in [0.15, 0.2) is 0 Å². The predicted molar refractivity (Wildman–Crippen MR) is 53.8 cm³/mol. The van der Waals surface area contributed by atoms with Gasteiger partial charge in [0.2, 0.25) is 0 Å². The largest absolute Gasteiger partial charge is 0.506 e. The fourth-order valence-electron chi connectivity index (χ4n) is 1.02. The highest BCUT2D eigenvalue weighted by molar-refractivity contribution is 6.32. The van der Waals surface area contributed by atoms with Crippen LogP contribution in [0.3, 0.4) is 0 Å². The molecular formula is C10H11ClO3. The van der Waals surface area contributed by atoms with Crippen molar-refractivity contribution in [2.24, 2.45) is 0 Å².